The molecule has 0 aliphatic rings. The van der Waals surface area contributed by atoms with Crippen molar-refractivity contribution in [3.05, 3.63) is 40.2 Å². The van der Waals surface area contributed by atoms with Gasteiger partial charge in [0, 0.05) is 5.02 Å². The topological polar surface area (TPSA) is 108 Å². The van der Waals surface area contributed by atoms with Gasteiger partial charge in [-0.2, -0.15) is 0 Å². The lowest BCUT2D eigenvalue weighted by atomic mass is 10.2. The summed E-state index contributed by atoms with van der Waals surface area (Å²) in [5.74, 6) is 5.23. The lowest BCUT2D eigenvalue weighted by molar-refractivity contribution is -0.154. The van der Waals surface area contributed by atoms with Crippen molar-refractivity contribution < 1.29 is 27.2 Å². The molecule has 0 aliphatic heterocycles. The van der Waals surface area contributed by atoms with Crippen LogP contribution in [0.3, 0.4) is 0 Å². The van der Waals surface area contributed by atoms with E-state index in [1.807, 2.05) is 0 Å². The van der Waals surface area contributed by atoms with E-state index < -0.39 is 22.1 Å². The van der Waals surface area contributed by atoms with Crippen LogP contribution >= 0.6 is 11.6 Å². The predicted molar refractivity (Wildman–Crippen MR) is 107 cm³/mol. The van der Waals surface area contributed by atoms with Gasteiger partial charge < -0.3 is 14.0 Å². The van der Waals surface area contributed by atoms with Gasteiger partial charge in [-0.25, -0.2) is 13.2 Å². The van der Waals surface area contributed by atoms with E-state index in [0.717, 1.165) is 0 Å². The minimum absolute atomic E-state index is 0.0297. The van der Waals surface area contributed by atoms with Crippen LogP contribution in [0.25, 0.3) is 0 Å². The van der Waals surface area contributed by atoms with E-state index in [4.69, 9.17) is 25.6 Å². The number of aromatic nitrogens is 1. The SMILES string of the molecule is CCOC(=O)C(C)OCC#Cc1cc(Cl)ccc1NS(=O)(=O)c1c(C)noc1C. The van der Waals surface area contributed by atoms with Crippen LogP contribution in [0, 0.1) is 25.7 Å². The maximum Gasteiger partial charge on any atom is 0.334 e. The second-order valence-corrected chi connectivity index (χ2v) is 8.01. The fraction of sp³-hybridized carbons (Fsp3) is 0.368. The smallest absolute Gasteiger partial charge is 0.334 e. The standard InChI is InChI=1S/C19H21ClN2O6S/c1-5-26-19(23)14(4)27-10-6-7-15-11-16(20)8-9-17(15)22-29(24,25)18-12(2)21-28-13(18)3/h8-9,11,14,22H,5,10H2,1-4H3. The highest BCUT2D eigenvalue weighted by atomic mass is 35.5. The molecular weight excluding hydrogens is 420 g/mol. The van der Waals surface area contributed by atoms with Gasteiger partial charge in [-0.15, -0.1) is 0 Å². The number of anilines is 1. The Morgan fingerprint density at radius 1 is 1.38 bits per heavy atom. The first-order valence-electron chi connectivity index (χ1n) is 8.68. The summed E-state index contributed by atoms with van der Waals surface area (Å²) in [4.78, 5) is 11.5. The van der Waals surface area contributed by atoms with Crippen LogP contribution in [0.1, 0.15) is 30.9 Å². The molecule has 0 spiro atoms. The highest BCUT2D eigenvalue weighted by Crippen LogP contribution is 2.26. The van der Waals surface area contributed by atoms with E-state index in [-0.39, 0.29) is 35.3 Å². The molecule has 0 saturated carbocycles. The first-order chi connectivity index (χ1) is 13.7. The quantitative estimate of drug-likeness (QED) is 0.520. The number of hydrogen-bond donors (Lipinski definition) is 1. The van der Waals surface area contributed by atoms with E-state index in [9.17, 15) is 13.2 Å². The van der Waals surface area contributed by atoms with Gasteiger partial charge in [0.2, 0.25) is 0 Å². The average Bonchev–Trinajstić information content (AvgIpc) is 2.99. The van der Waals surface area contributed by atoms with E-state index in [0.29, 0.717) is 10.6 Å². The molecule has 1 aromatic heterocycles. The number of sulfonamides is 1. The number of carbonyl (C=O) groups is 1. The highest BCUT2D eigenvalue weighted by molar-refractivity contribution is 7.92. The minimum Gasteiger partial charge on any atom is -0.464 e. The molecular formula is C19H21ClN2O6S. The molecule has 0 bridgehead atoms. The maximum atomic E-state index is 12.7. The van der Waals surface area contributed by atoms with Gasteiger partial charge in [0.05, 0.1) is 17.9 Å². The fourth-order valence-corrected chi connectivity index (χ4v) is 3.97. The maximum absolute atomic E-state index is 12.7. The molecule has 2 aromatic rings. The highest BCUT2D eigenvalue weighted by Gasteiger charge is 2.25. The number of nitrogens with one attached hydrogen (secondary N) is 1. The van der Waals surface area contributed by atoms with Crippen LogP contribution in [0.4, 0.5) is 5.69 Å². The van der Waals surface area contributed by atoms with Crippen LogP contribution in [-0.4, -0.2) is 38.9 Å². The monoisotopic (exact) mass is 440 g/mol. The van der Waals surface area contributed by atoms with Gasteiger partial charge in [-0.05, 0) is 45.9 Å². The van der Waals surface area contributed by atoms with Crippen molar-refractivity contribution in [3.63, 3.8) is 0 Å². The number of aryl methyl sites for hydroxylation is 2. The number of nitrogens with zero attached hydrogens (tertiary/aromatic N) is 1. The Balaban J connectivity index is 2.20. The van der Waals surface area contributed by atoms with E-state index in [1.54, 1.807) is 13.8 Å². The summed E-state index contributed by atoms with van der Waals surface area (Å²) in [6.07, 6.45) is -0.763. The average molecular weight is 441 g/mol. The van der Waals surface area contributed by atoms with Crippen molar-refractivity contribution in [2.75, 3.05) is 17.9 Å². The summed E-state index contributed by atoms with van der Waals surface area (Å²) in [7, 11) is -3.94. The molecule has 0 amide bonds. The number of rotatable bonds is 7. The second-order valence-electron chi connectivity index (χ2n) is 5.96. The Hall–Kier alpha value is -2.54. The molecule has 8 nitrogen and oxygen atoms in total. The number of hydrogen-bond acceptors (Lipinski definition) is 7. The number of ether oxygens (including phenoxy) is 2. The Bertz CT molecular complexity index is 1030. The predicted octanol–water partition coefficient (Wildman–Crippen LogP) is 3.07. The lowest BCUT2D eigenvalue weighted by Gasteiger charge is -2.10. The number of halogens is 1. The van der Waals surface area contributed by atoms with Crippen LogP contribution in [0.2, 0.25) is 5.02 Å². The minimum atomic E-state index is -3.94. The van der Waals surface area contributed by atoms with Gasteiger partial charge in [-0.3, -0.25) is 4.72 Å². The lowest BCUT2D eigenvalue weighted by Crippen LogP contribution is -2.23. The first kappa shape index (κ1) is 22.7. The van der Waals surface area contributed by atoms with Gasteiger partial charge in [0.15, 0.2) is 16.8 Å². The third-order valence-electron chi connectivity index (χ3n) is 3.71. The molecule has 2 rings (SSSR count). The molecule has 156 valence electrons. The summed E-state index contributed by atoms with van der Waals surface area (Å²) in [6, 6.07) is 4.57. The van der Waals surface area contributed by atoms with E-state index >= 15 is 0 Å². The molecule has 0 radical (unpaired) electrons. The van der Waals surface area contributed by atoms with Crippen molar-refractivity contribution in [2.45, 2.75) is 38.7 Å². The van der Waals surface area contributed by atoms with Crippen molar-refractivity contribution in [1.82, 2.24) is 5.16 Å². The molecule has 1 aromatic carbocycles. The Morgan fingerprint density at radius 3 is 2.72 bits per heavy atom. The summed E-state index contributed by atoms with van der Waals surface area (Å²) < 4.78 is 43.0. The van der Waals surface area contributed by atoms with Crippen molar-refractivity contribution in [2.24, 2.45) is 0 Å². The molecule has 10 heteroatoms. The Labute approximate surface area is 174 Å². The molecule has 29 heavy (non-hydrogen) atoms. The van der Waals surface area contributed by atoms with Crippen molar-refractivity contribution >= 4 is 33.3 Å². The molecule has 1 N–H and O–H groups in total. The molecule has 0 saturated heterocycles. The van der Waals surface area contributed by atoms with Crippen LogP contribution in [0.5, 0.6) is 0 Å². The molecule has 1 unspecified atom stereocenters. The first-order valence-corrected chi connectivity index (χ1v) is 10.5. The Kier molecular flexibility index (Phi) is 7.67. The van der Waals surface area contributed by atoms with E-state index in [1.165, 1.54) is 32.0 Å². The zero-order chi connectivity index (χ0) is 21.6. The largest absolute Gasteiger partial charge is 0.464 e. The summed E-state index contributed by atoms with van der Waals surface area (Å²) in [6.45, 7) is 6.52. The number of esters is 1. The number of carbonyl (C=O) groups excluding carboxylic acids is 1. The second kappa shape index (κ2) is 9.78. The third kappa shape index (κ3) is 5.97. The fourth-order valence-electron chi connectivity index (χ4n) is 2.39. The molecule has 1 heterocycles. The summed E-state index contributed by atoms with van der Waals surface area (Å²) in [5.41, 5.74) is 0.832. The Morgan fingerprint density at radius 2 is 2.10 bits per heavy atom. The molecule has 1 atom stereocenters. The van der Waals surface area contributed by atoms with E-state index in [2.05, 4.69) is 21.7 Å². The normalized spacial score (nSPS) is 12.0. The van der Waals surface area contributed by atoms with Crippen LogP contribution in [0.15, 0.2) is 27.6 Å². The van der Waals surface area contributed by atoms with Crippen LogP contribution < -0.4 is 4.72 Å². The van der Waals surface area contributed by atoms with Crippen LogP contribution in [-0.2, 0) is 24.3 Å². The third-order valence-corrected chi connectivity index (χ3v) is 5.55. The molecule has 0 fully saturated rings. The summed E-state index contributed by atoms with van der Waals surface area (Å²) >= 11 is 6.02. The van der Waals surface area contributed by atoms with Gasteiger partial charge in [0.1, 0.15) is 12.3 Å². The summed E-state index contributed by atoms with van der Waals surface area (Å²) in [5, 5.41) is 4.05. The zero-order valence-electron chi connectivity index (χ0n) is 16.4. The zero-order valence-corrected chi connectivity index (χ0v) is 18.0. The van der Waals surface area contributed by atoms with Gasteiger partial charge in [-0.1, -0.05) is 28.6 Å². The molecule has 0 aliphatic carbocycles. The number of benzene rings is 1. The van der Waals surface area contributed by atoms with Gasteiger partial charge in [0.25, 0.3) is 10.0 Å². The van der Waals surface area contributed by atoms with Crippen molar-refractivity contribution in [1.29, 1.82) is 0 Å². The van der Waals surface area contributed by atoms with Crippen molar-refractivity contribution in [3.8, 4) is 11.8 Å². The van der Waals surface area contributed by atoms with Gasteiger partial charge >= 0.3 is 5.97 Å².